The van der Waals surface area contributed by atoms with Crippen molar-refractivity contribution in [3.63, 3.8) is 0 Å². The molecule has 8 atom stereocenters. The van der Waals surface area contributed by atoms with Gasteiger partial charge in [-0.25, -0.2) is 0 Å². The van der Waals surface area contributed by atoms with Crippen LogP contribution in [0.3, 0.4) is 0 Å². The molecule has 4 aliphatic heterocycles. The van der Waals surface area contributed by atoms with E-state index < -0.39 is 0 Å². The van der Waals surface area contributed by atoms with E-state index in [9.17, 15) is 0 Å². The summed E-state index contributed by atoms with van der Waals surface area (Å²) in [6, 6.07) is 0.213. The monoisotopic (exact) mass is 286 g/mol. The van der Waals surface area contributed by atoms with Gasteiger partial charge in [-0.2, -0.15) is 0 Å². The van der Waals surface area contributed by atoms with Crippen molar-refractivity contribution in [1.82, 2.24) is 0 Å². The third-order valence-electron chi connectivity index (χ3n) is 4.68. The van der Waals surface area contributed by atoms with E-state index in [0.717, 1.165) is 13.2 Å². The average molecular weight is 286 g/mol. The molecule has 20 heavy (non-hydrogen) atoms. The molecule has 0 saturated carbocycles. The molecule has 4 heterocycles. The molecule has 0 aliphatic carbocycles. The first-order valence-corrected chi connectivity index (χ1v) is 7.55. The summed E-state index contributed by atoms with van der Waals surface area (Å²) in [5.74, 6) is 1.05. The van der Waals surface area contributed by atoms with Gasteiger partial charge in [0.1, 0.15) is 12.2 Å². The van der Waals surface area contributed by atoms with Gasteiger partial charge < -0.3 is 30.4 Å². The van der Waals surface area contributed by atoms with Crippen LogP contribution < -0.4 is 11.5 Å². The maximum absolute atomic E-state index is 5.73. The van der Waals surface area contributed by atoms with Crippen LogP contribution in [0.5, 0.6) is 0 Å². The molecule has 4 aliphatic rings. The first-order chi connectivity index (χ1) is 9.58. The number of hydrogen-bond donors (Lipinski definition) is 2. The van der Waals surface area contributed by atoms with Crippen LogP contribution in [0.25, 0.3) is 0 Å². The molecule has 0 aromatic heterocycles. The Kier molecular flexibility index (Phi) is 4.31. The lowest BCUT2D eigenvalue weighted by Gasteiger charge is -2.10. The predicted molar refractivity (Wildman–Crippen MR) is 73.2 cm³/mol. The molecule has 0 radical (unpaired) electrons. The first kappa shape index (κ1) is 14.7. The lowest BCUT2D eigenvalue weighted by molar-refractivity contribution is 0.0650. The summed E-state index contributed by atoms with van der Waals surface area (Å²) < 4.78 is 21.8. The first-order valence-electron chi connectivity index (χ1n) is 7.55. The lowest BCUT2D eigenvalue weighted by atomic mass is 10.0. The molecule has 0 aromatic carbocycles. The zero-order valence-corrected chi connectivity index (χ0v) is 12.2. The summed E-state index contributed by atoms with van der Waals surface area (Å²) in [5.41, 5.74) is 11.5. The molecule has 0 bridgehead atoms. The van der Waals surface area contributed by atoms with Crippen LogP contribution in [0.15, 0.2) is 0 Å². The zero-order chi connectivity index (χ0) is 14.3. The highest BCUT2D eigenvalue weighted by molar-refractivity contribution is 4.95. The Labute approximate surface area is 120 Å². The minimum absolute atomic E-state index is 0.106. The Morgan fingerprint density at radius 1 is 0.600 bits per heavy atom. The van der Waals surface area contributed by atoms with Crippen molar-refractivity contribution in [1.29, 1.82) is 0 Å². The van der Waals surface area contributed by atoms with Gasteiger partial charge in [-0.05, 0) is 0 Å². The molecule has 4 N–H and O–H groups in total. The third-order valence-corrected chi connectivity index (χ3v) is 4.68. The number of nitrogens with two attached hydrogens (primary N) is 2. The summed E-state index contributed by atoms with van der Waals surface area (Å²) in [6.45, 7) is 7.23. The summed E-state index contributed by atoms with van der Waals surface area (Å²) in [4.78, 5) is 0. The fourth-order valence-electron chi connectivity index (χ4n) is 3.44. The highest BCUT2D eigenvalue weighted by Crippen LogP contribution is 2.30. The van der Waals surface area contributed by atoms with E-state index in [-0.39, 0.29) is 36.5 Å². The minimum atomic E-state index is 0.106. The number of fused-ring (bicyclic) bond motifs is 2. The zero-order valence-electron chi connectivity index (χ0n) is 12.2. The van der Waals surface area contributed by atoms with E-state index in [1.807, 2.05) is 0 Å². The normalized spacial score (nSPS) is 53.4. The maximum atomic E-state index is 5.73. The van der Waals surface area contributed by atoms with Crippen molar-refractivity contribution >= 4 is 0 Å². The Balaban J connectivity index is 0.000000121. The summed E-state index contributed by atoms with van der Waals surface area (Å²) in [6.07, 6.45) is 0.898. The Hall–Kier alpha value is -0.240. The second-order valence-electron chi connectivity index (χ2n) is 6.47. The molecule has 116 valence electrons. The quantitative estimate of drug-likeness (QED) is 0.624. The molecule has 6 nitrogen and oxygen atoms in total. The second kappa shape index (κ2) is 5.87. The Bertz CT molecular complexity index is 279. The van der Waals surface area contributed by atoms with Crippen LogP contribution in [0.1, 0.15) is 13.8 Å². The number of rotatable bonds is 0. The Morgan fingerprint density at radius 3 is 1.30 bits per heavy atom. The molecular weight excluding hydrogens is 260 g/mol. The fraction of sp³-hybridized carbons (Fsp3) is 1.00. The van der Waals surface area contributed by atoms with Crippen LogP contribution in [-0.2, 0) is 18.9 Å². The number of hydrogen-bond acceptors (Lipinski definition) is 6. The molecule has 4 fully saturated rings. The molecule has 0 amide bonds. The van der Waals surface area contributed by atoms with Gasteiger partial charge in [0.2, 0.25) is 0 Å². The van der Waals surface area contributed by atoms with Gasteiger partial charge in [-0.3, -0.25) is 0 Å². The largest absolute Gasteiger partial charge is 0.373 e. The van der Waals surface area contributed by atoms with Gasteiger partial charge in [0.15, 0.2) is 0 Å². The summed E-state index contributed by atoms with van der Waals surface area (Å²) >= 11 is 0. The highest BCUT2D eigenvalue weighted by Gasteiger charge is 2.44. The van der Waals surface area contributed by atoms with Gasteiger partial charge in [0, 0.05) is 11.8 Å². The van der Waals surface area contributed by atoms with Crippen molar-refractivity contribution in [2.45, 2.75) is 50.3 Å². The smallest absolute Gasteiger partial charge is 0.101 e. The molecule has 0 aromatic rings. The van der Waals surface area contributed by atoms with E-state index in [1.54, 1.807) is 0 Å². The van der Waals surface area contributed by atoms with E-state index >= 15 is 0 Å². The van der Waals surface area contributed by atoms with Gasteiger partial charge in [0.05, 0.1) is 50.7 Å². The van der Waals surface area contributed by atoms with Gasteiger partial charge in [0.25, 0.3) is 0 Å². The van der Waals surface area contributed by atoms with Crippen LogP contribution in [0.2, 0.25) is 0 Å². The van der Waals surface area contributed by atoms with Crippen molar-refractivity contribution in [3.05, 3.63) is 0 Å². The maximum Gasteiger partial charge on any atom is 0.101 e. The van der Waals surface area contributed by atoms with Gasteiger partial charge in [-0.1, -0.05) is 13.8 Å². The summed E-state index contributed by atoms with van der Waals surface area (Å²) in [5, 5.41) is 0. The molecular formula is C14H26N2O4. The van der Waals surface area contributed by atoms with E-state index in [2.05, 4.69) is 13.8 Å². The van der Waals surface area contributed by atoms with Crippen molar-refractivity contribution in [3.8, 4) is 0 Å². The Morgan fingerprint density at radius 2 is 0.950 bits per heavy atom. The lowest BCUT2D eigenvalue weighted by Crippen LogP contribution is -2.35. The van der Waals surface area contributed by atoms with E-state index in [4.69, 9.17) is 30.4 Å². The molecule has 4 saturated heterocycles. The molecule has 6 heteroatoms. The molecule has 4 unspecified atom stereocenters. The third kappa shape index (κ3) is 2.61. The SMILES string of the molecule is CC1CO[C@@H]2C(N)CO[C@H]12.CC1CO[C@@H]2C(N)CO[C@H]12. The summed E-state index contributed by atoms with van der Waals surface area (Å²) in [7, 11) is 0. The highest BCUT2D eigenvalue weighted by atomic mass is 16.6. The predicted octanol–water partition coefficient (Wildman–Crippen LogP) is -0.505. The van der Waals surface area contributed by atoms with Crippen molar-refractivity contribution < 1.29 is 18.9 Å². The van der Waals surface area contributed by atoms with Crippen LogP contribution in [0, 0.1) is 11.8 Å². The van der Waals surface area contributed by atoms with Gasteiger partial charge >= 0.3 is 0 Å². The minimum Gasteiger partial charge on any atom is -0.373 e. The van der Waals surface area contributed by atoms with Crippen molar-refractivity contribution in [2.75, 3.05) is 26.4 Å². The second-order valence-corrected chi connectivity index (χ2v) is 6.47. The average Bonchev–Trinajstić information content (AvgIpc) is 3.13. The fourth-order valence-corrected chi connectivity index (χ4v) is 3.44. The number of ether oxygens (including phenoxy) is 4. The topological polar surface area (TPSA) is 89.0 Å². The molecule has 4 rings (SSSR count). The van der Waals surface area contributed by atoms with Crippen LogP contribution >= 0.6 is 0 Å². The molecule has 0 spiro atoms. The van der Waals surface area contributed by atoms with E-state index in [0.29, 0.717) is 25.0 Å². The van der Waals surface area contributed by atoms with Gasteiger partial charge in [-0.15, -0.1) is 0 Å². The van der Waals surface area contributed by atoms with E-state index in [1.165, 1.54) is 0 Å². The standard InChI is InChI=1S/2C7H13NO2/c2*1-4-2-9-7-5(8)3-10-6(4)7/h2*4-7H,2-3,8H2,1H3/t2*4?,5?,6-,7-/m11/s1. The van der Waals surface area contributed by atoms with Crippen molar-refractivity contribution in [2.24, 2.45) is 23.3 Å². The van der Waals surface area contributed by atoms with Crippen LogP contribution in [-0.4, -0.2) is 62.9 Å². The van der Waals surface area contributed by atoms with Crippen LogP contribution in [0.4, 0.5) is 0 Å².